The van der Waals surface area contributed by atoms with E-state index in [2.05, 4.69) is 5.32 Å². The maximum Gasteiger partial charge on any atom is 0.265 e. The van der Waals surface area contributed by atoms with Gasteiger partial charge in [0.15, 0.2) is 0 Å². The number of carbonyl (C=O) groups is 1. The molecule has 2 aromatic rings. The van der Waals surface area contributed by atoms with Gasteiger partial charge in [0.25, 0.3) is 5.91 Å². The Balaban J connectivity index is 1.84. The van der Waals surface area contributed by atoms with Crippen molar-refractivity contribution in [3.63, 3.8) is 0 Å². The third-order valence-corrected chi connectivity index (χ3v) is 7.26. The topological polar surface area (TPSA) is 66.5 Å². The summed E-state index contributed by atoms with van der Waals surface area (Å²) in [4.78, 5) is 13.7. The predicted octanol–water partition coefficient (Wildman–Crippen LogP) is 3.40. The van der Waals surface area contributed by atoms with Crippen LogP contribution in [0.4, 0.5) is 5.69 Å². The van der Waals surface area contributed by atoms with Crippen molar-refractivity contribution in [1.82, 2.24) is 4.31 Å². The first-order valence-corrected chi connectivity index (χ1v) is 10.1. The molecule has 1 amide bonds. The van der Waals surface area contributed by atoms with Crippen molar-refractivity contribution in [3.8, 4) is 0 Å². The lowest BCUT2D eigenvalue weighted by Gasteiger charge is -2.14. The fourth-order valence-corrected chi connectivity index (χ4v) is 5.79. The molecule has 1 N–H and O–H groups in total. The third kappa shape index (κ3) is 3.38. The van der Waals surface area contributed by atoms with Crippen molar-refractivity contribution in [2.45, 2.75) is 31.6 Å². The first-order chi connectivity index (χ1) is 11.4. The minimum absolute atomic E-state index is 0.254. The van der Waals surface area contributed by atoms with E-state index >= 15 is 0 Å². The number of sulfonamides is 1. The van der Waals surface area contributed by atoms with Gasteiger partial charge in [0.05, 0.1) is 9.77 Å². The molecule has 0 unspecified atom stereocenters. The van der Waals surface area contributed by atoms with Crippen LogP contribution in [0.25, 0.3) is 0 Å². The second kappa shape index (κ2) is 6.66. The van der Waals surface area contributed by atoms with Gasteiger partial charge in [-0.05, 0) is 50.5 Å². The molecule has 24 heavy (non-hydrogen) atoms. The Labute approximate surface area is 146 Å². The summed E-state index contributed by atoms with van der Waals surface area (Å²) in [6, 6.07) is 9.01. The zero-order valence-corrected chi connectivity index (χ0v) is 15.3. The molecular formula is C17H20N2O3S2. The normalized spacial score (nSPS) is 15.6. The summed E-state index contributed by atoms with van der Waals surface area (Å²) in [6.07, 6.45) is 1.78. The second-order valence-electron chi connectivity index (χ2n) is 5.97. The number of nitrogens with zero attached hydrogens (tertiary/aromatic N) is 1. The Hall–Kier alpha value is -1.70. The van der Waals surface area contributed by atoms with Gasteiger partial charge in [-0.25, -0.2) is 8.42 Å². The van der Waals surface area contributed by atoms with Crippen molar-refractivity contribution >= 4 is 33.0 Å². The van der Waals surface area contributed by atoms with Crippen molar-refractivity contribution in [2.24, 2.45) is 0 Å². The molecule has 5 nitrogen and oxygen atoms in total. The summed E-state index contributed by atoms with van der Waals surface area (Å²) < 4.78 is 26.9. The molecule has 7 heteroatoms. The Bertz CT molecular complexity index is 866. The minimum atomic E-state index is -3.50. The Morgan fingerprint density at radius 2 is 1.88 bits per heavy atom. The Morgan fingerprint density at radius 1 is 1.17 bits per heavy atom. The van der Waals surface area contributed by atoms with E-state index in [0.717, 1.165) is 18.4 Å². The van der Waals surface area contributed by atoms with E-state index in [1.807, 2.05) is 31.2 Å². The first-order valence-electron chi connectivity index (χ1n) is 7.86. The van der Waals surface area contributed by atoms with Crippen LogP contribution in [-0.2, 0) is 10.0 Å². The summed E-state index contributed by atoms with van der Waals surface area (Å²) in [6.45, 7) is 4.81. The zero-order chi connectivity index (χ0) is 17.3. The standard InChI is InChI=1S/C17H20N2O3S2/c1-12-6-5-7-14(10-12)18-17(20)15-11-16(13(2)23-15)24(21,22)19-8-3-4-9-19/h5-7,10-11H,3-4,8-9H2,1-2H3,(H,18,20). The quantitative estimate of drug-likeness (QED) is 0.904. The molecule has 1 aliphatic heterocycles. The Kier molecular flexibility index (Phi) is 4.76. The highest BCUT2D eigenvalue weighted by atomic mass is 32.2. The molecule has 1 aliphatic rings. The van der Waals surface area contributed by atoms with E-state index in [1.54, 1.807) is 6.92 Å². The van der Waals surface area contributed by atoms with Crippen molar-refractivity contribution in [2.75, 3.05) is 18.4 Å². The molecule has 0 spiro atoms. The smallest absolute Gasteiger partial charge is 0.265 e. The summed E-state index contributed by atoms with van der Waals surface area (Å²) in [5.74, 6) is -0.281. The van der Waals surface area contributed by atoms with Crippen LogP contribution in [0, 0.1) is 13.8 Å². The van der Waals surface area contributed by atoms with Gasteiger partial charge in [0.1, 0.15) is 0 Å². The predicted molar refractivity (Wildman–Crippen MR) is 96.2 cm³/mol. The van der Waals surface area contributed by atoms with Crippen LogP contribution in [0.15, 0.2) is 35.2 Å². The van der Waals surface area contributed by atoms with Crippen LogP contribution in [0.3, 0.4) is 0 Å². The van der Waals surface area contributed by atoms with Crippen molar-refractivity contribution < 1.29 is 13.2 Å². The molecule has 0 radical (unpaired) electrons. The second-order valence-corrected chi connectivity index (χ2v) is 9.13. The molecule has 0 atom stereocenters. The number of rotatable bonds is 4. The van der Waals surface area contributed by atoms with Crippen LogP contribution in [0.5, 0.6) is 0 Å². The monoisotopic (exact) mass is 364 g/mol. The first kappa shape index (κ1) is 17.1. The number of nitrogens with one attached hydrogen (secondary N) is 1. The van der Waals surface area contributed by atoms with Crippen LogP contribution in [0.2, 0.25) is 0 Å². The lowest BCUT2D eigenvalue weighted by Crippen LogP contribution is -2.28. The maximum absolute atomic E-state index is 12.7. The van der Waals surface area contributed by atoms with E-state index in [4.69, 9.17) is 0 Å². The number of hydrogen-bond acceptors (Lipinski definition) is 4. The van der Waals surface area contributed by atoms with Gasteiger partial charge < -0.3 is 5.32 Å². The number of thiophene rings is 1. The van der Waals surface area contributed by atoms with Crippen LogP contribution >= 0.6 is 11.3 Å². The van der Waals surface area contributed by atoms with Gasteiger partial charge in [0, 0.05) is 23.7 Å². The molecule has 2 heterocycles. The molecule has 1 aromatic carbocycles. The maximum atomic E-state index is 12.7. The van der Waals surface area contributed by atoms with Crippen molar-refractivity contribution in [1.29, 1.82) is 0 Å². The highest BCUT2D eigenvalue weighted by molar-refractivity contribution is 7.89. The van der Waals surface area contributed by atoms with Crippen LogP contribution < -0.4 is 5.32 Å². The number of benzene rings is 1. The van der Waals surface area contributed by atoms with E-state index in [1.165, 1.54) is 21.7 Å². The number of carbonyl (C=O) groups excluding carboxylic acids is 1. The SMILES string of the molecule is Cc1cccc(NC(=O)c2cc(S(=O)(=O)N3CCCC3)c(C)s2)c1. The number of hydrogen-bond donors (Lipinski definition) is 1. The molecular weight excluding hydrogens is 344 g/mol. The molecule has 0 aliphatic carbocycles. The van der Waals surface area contributed by atoms with E-state index in [0.29, 0.717) is 28.5 Å². The van der Waals surface area contributed by atoms with Gasteiger partial charge >= 0.3 is 0 Å². The van der Waals surface area contributed by atoms with E-state index in [-0.39, 0.29) is 10.8 Å². The molecule has 1 fully saturated rings. The average Bonchev–Trinajstić information content (AvgIpc) is 3.17. The molecule has 3 rings (SSSR count). The van der Waals surface area contributed by atoms with Crippen molar-refractivity contribution in [3.05, 3.63) is 45.6 Å². The third-order valence-electron chi connectivity index (χ3n) is 4.05. The van der Waals surface area contributed by atoms with Gasteiger partial charge in [-0.1, -0.05) is 12.1 Å². The fraction of sp³-hybridized carbons (Fsp3) is 0.353. The lowest BCUT2D eigenvalue weighted by molar-refractivity contribution is 0.103. The minimum Gasteiger partial charge on any atom is -0.321 e. The molecule has 128 valence electrons. The number of amides is 1. The summed E-state index contributed by atoms with van der Waals surface area (Å²) in [5.41, 5.74) is 1.75. The van der Waals surface area contributed by atoms with E-state index in [9.17, 15) is 13.2 Å². The Morgan fingerprint density at radius 3 is 2.54 bits per heavy atom. The molecule has 0 bridgehead atoms. The largest absolute Gasteiger partial charge is 0.321 e. The highest BCUT2D eigenvalue weighted by Crippen LogP contribution is 2.30. The summed E-state index contributed by atoms with van der Waals surface area (Å²) in [5, 5.41) is 2.82. The highest BCUT2D eigenvalue weighted by Gasteiger charge is 2.30. The molecule has 1 saturated heterocycles. The summed E-state index contributed by atoms with van der Waals surface area (Å²) in [7, 11) is -3.50. The van der Waals surface area contributed by atoms with E-state index < -0.39 is 10.0 Å². The molecule has 1 aromatic heterocycles. The average molecular weight is 364 g/mol. The number of aryl methyl sites for hydroxylation is 2. The van der Waals surface area contributed by atoms with Gasteiger partial charge in [-0.2, -0.15) is 4.31 Å². The van der Waals surface area contributed by atoms with Gasteiger partial charge in [-0.3, -0.25) is 4.79 Å². The van der Waals surface area contributed by atoms with Gasteiger partial charge in [0.2, 0.25) is 10.0 Å². The lowest BCUT2D eigenvalue weighted by atomic mass is 10.2. The van der Waals surface area contributed by atoms with Crippen LogP contribution in [-0.4, -0.2) is 31.7 Å². The summed E-state index contributed by atoms with van der Waals surface area (Å²) >= 11 is 1.21. The fourth-order valence-electron chi connectivity index (χ4n) is 2.82. The van der Waals surface area contributed by atoms with Crippen LogP contribution in [0.1, 0.15) is 33.0 Å². The number of anilines is 1. The van der Waals surface area contributed by atoms with Gasteiger partial charge in [-0.15, -0.1) is 11.3 Å². The zero-order valence-electron chi connectivity index (χ0n) is 13.7. The molecule has 0 saturated carbocycles.